The van der Waals surface area contributed by atoms with E-state index in [4.69, 9.17) is 5.26 Å². The van der Waals surface area contributed by atoms with Crippen LogP contribution in [0.5, 0.6) is 0 Å². The lowest BCUT2D eigenvalue weighted by Crippen LogP contribution is -2.33. The molecular weight excluding hydrogens is 232 g/mol. The number of piperidine rings is 1. The average molecular weight is 256 g/mol. The second-order valence-corrected chi connectivity index (χ2v) is 5.61. The summed E-state index contributed by atoms with van der Waals surface area (Å²) in [5.41, 5.74) is 1.43. The Hall–Kier alpha value is -1.33. The van der Waals surface area contributed by atoms with Crippen LogP contribution >= 0.6 is 0 Å². The van der Waals surface area contributed by atoms with E-state index in [1.807, 2.05) is 0 Å². The van der Waals surface area contributed by atoms with Crippen molar-refractivity contribution in [1.29, 1.82) is 5.26 Å². The zero-order valence-corrected chi connectivity index (χ0v) is 11.7. The molecule has 1 saturated heterocycles. The summed E-state index contributed by atoms with van der Waals surface area (Å²) in [7, 11) is 0. The third kappa shape index (κ3) is 5.04. The van der Waals surface area contributed by atoms with Crippen LogP contribution in [0.3, 0.4) is 0 Å². The predicted molar refractivity (Wildman–Crippen MR) is 78.5 cm³/mol. The first-order chi connectivity index (χ1) is 9.38. The third-order valence-electron chi connectivity index (χ3n) is 4.11. The molecule has 0 unspecified atom stereocenters. The smallest absolute Gasteiger partial charge is 0.0621 e. The van der Waals surface area contributed by atoms with Crippen LogP contribution in [-0.2, 0) is 6.54 Å². The molecule has 0 aromatic heterocycles. The topological polar surface area (TPSA) is 27.0 Å². The van der Waals surface area contributed by atoms with Crippen molar-refractivity contribution in [3.05, 3.63) is 35.9 Å². The molecule has 1 heterocycles. The minimum absolute atomic E-state index is 0.729. The van der Waals surface area contributed by atoms with Crippen molar-refractivity contribution in [2.24, 2.45) is 5.92 Å². The molecule has 0 aliphatic carbocycles. The van der Waals surface area contributed by atoms with Crippen molar-refractivity contribution in [3.8, 4) is 6.07 Å². The van der Waals surface area contributed by atoms with E-state index in [1.54, 1.807) is 0 Å². The Balaban J connectivity index is 1.64. The number of rotatable bonds is 6. The highest BCUT2D eigenvalue weighted by atomic mass is 15.1. The van der Waals surface area contributed by atoms with E-state index in [1.165, 1.54) is 44.3 Å². The van der Waals surface area contributed by atoms with E-state index < -0.39 is 0 Å². The quantitative estimate of drug-likeness (QED) is 0.720. The molecule has 1 aromatic rings. The molecular formula is C17H24N2. The molecule has 0 atom stereocenters. The Kier molecular flexibility index (Phi) is 5.91. The number of nitrogens with zero attached hydrogens (tertiary/aromatic N) is 2. The molecule has 0 bridgehead atoms. The maximum Gasteiger partial charge on any atom is 0.0621 e. The number of nitriles is 1. The normalized spacial score (nSPS) is 17.2. The Bertz CT molecular complexity index is 385. The summed E-state index contributed by atoms with van der Waals surface area (Å²) in [4.78, 5) is 2.57. The van der Waals surface area contributed by atoms with E-state index in [-0.39, 0.29) is 0 Å². The molecule has 0 radical (unpaired) electrons. The molecule has 2 heteroatoms. The van der Waals surface area contributed by atoms with Gasteiger partial charge in [0, 0.05) is 13.0 Å². The van der Waals surface area contributed by atoms with E-state index in [0.29, 0.717) is 0 Å². The second kappa shape index (κ2) is 7.96. The highest BCUT2D eigenvalue weighted by Gasteiger charge is 2.18. The molecule has 1 aromatic carbocycles. The number of hydrogen-bond donors (Lipinski definition) is 0. The fraction of sp³-hybridized carbons (Fsp3) is 0.588. The van der Waals surface area contributed by atoms with Crippen molar-refractivity contribution in [3.63, 3.8) is 0 Å². The van der Waals surface area contributed by atoms with Gasteiger partial charge in [-0.2, -0.15) is 5.26 Å². The van der Waals surface area contributed by atoms with Gasteiger partial charge in [-0.15, -0.1) is 0 Å². The molecule has 0 saturated carbocycles. The van der Waals surface area contributed by atoms with Crippen molar-refractivity contribution >= 4 is 0 Å². The van der Waals surface area contributed by atoms with Gasteiger partial charge in [0.15, 0.2) is 0 Å². The Labute approximate surface area is 117 Å². The molecule has 19 heavy (non-hydrogen) atoms. The molecule has 102 valence electrons. The lowest BCUT2D eigenvalue weighted by atomic mass is 9.91. The number of unbranched alkanes of at least 4 members (excludes halogenated alkanes) is 2. The van der Waals surface area contributed by atoms with Gasteiger partial charge in [0.1, 0.15) is 0 Å². The van der Waals surface area contributed by atoms with Gasteiger partial charge in [-0.05, 0) is 43.8 Å². The van der Waals surface area contributed by atoms with Crippen LogP contribution in [-0.4, -0.2) is 18.0 Å². The zero-order chi connectivity index (χ0) is 13.3. The van der Waals surface area contributed by atoms with Gasteiger partial charge in [-0.1, -0.05) is 43.2 Å². The van der Waals surface area contributed by atoms with Crippen molar-refractivity contribution < 1.29 is 0 Å². The number of likely N-dealkylation sites (tertiary alicyclic amines) is 1. The SMILES string of the molecule is N#CCCCCC1CCN(Cc2ccccc2)CC1. The first-order valence-corrected chi connectivity index (χ1v) is 7.51. The molecule has 0 N–H and O–H groups in total. The van der Waals surface area contributed by atoms with Gasteiger partial charge in [-0.3, -0.25) is 4.90 Å². The molecule has 1 fully saturated rings. The van der Waals surface area contributed by atoms with Crippen molar-refractivity contribution in [1.82, 2.24) is 4.90 Å². The van der Waals surface area contributed by atoms with E-state index in [0.717, 1.165) is 25.3 Å². The van der Waals surface area contributed by atoms with Gasteiger partial charge < -0.3 is 0 Å². The molecule has 2 nitrogen and oxygen atoms in total. The maximum absolute atomic E-state index is 8.52. The predicted octanol–water partition coefficient (Wildman–Crippen LogP) is 3.98. The van der Waals surface area contributed by atoms with Crippen LogP contribution in [0.4, 0.5) is 0 Å². The Morgan fingerprint density at radius 2 is 1.84 bits per heavy atom. The van der Waals surface area contributed by atoms with Gasteiger partial charge >= 0.3 is 0 Å². The third-order valence-corrected chi connectivity index (χ3v) is 4.11. The van der Waals surface area contributed by atoms with Crippen LogP contribution < -0.4 is 0 Å². The summed E-state index contributed by atoms with van der Waals surface area (Å²) >= 11 is 0. The summed E-state index contributed by atoms with van der Waals surface area (Å²) in [6.07, 6.45) is 7.03. The summed E-state index contributed by atoms with van der Waals surface area (Å²) in [5, 5.41) is 8.52. The molecule has 1 aliphatic rings. The van der Waals surface area contributed by atoms with Crippen LogP contribution in [0.1, 0.15) is 44.1 Å². The summed E-state index contributed by atoms with van der Waals surface area (Å²) in [5.74, 6) is 0.894. The summed E-state index contributed by atoms with van der Waals surface area (Å²) < 4.78 is 0. The van der Waals surface area contributed by atoms with Crippen LogP contribution in [0.25, 0.3) is 0 Å². The fourth-order valence-electron chi connectivity index (χ4n) is 2.91. The lowest BCUT2D eigenvalue weighted by molar-refractivity contribution is 0.170. The first-order valence-electron chi connectivity index (χ1n) is 7.51. The standard InChI is InChI=1S/C17H24N2/c18-12-6-2-5-7-16-10-13-19(14-11-16)15-17-8-3-1-4-9-17/h1,3-4,8-9,16H,2,5-7,10-11,13-15H2. The Morgan fingerprint density at radius 3 is 2.53 bits per heavy atom. The highest BCUT2D eigenvalue weighted by molar-refractivity contribution is 5.14. The lowest BCUT2D eigenvalue weighted by Gasteiger charge is -2.32. The van der Waals surface area contributed by atoms with Crippen LogP contribution in [0, 0.1) is 17.2 Å². The minimum atomic E-state index is 0.729. The van der Waals surface area contributed by atoms with Crippen molar-refractivity contribution in [2.45, 2.75) is 45.1 Å². The van der Waals surface area contributed by atoms with E-state index >= 15 is 0 Å². The zero-order valence-electron chi connectivity index (χ0n) is 11.7. The molecule has 0 spiro atoms. The first kappa shape index (κ1) is 14.1. The monoisotopic (exact) mass is 256 g/mol. The Morgan fingerprint density at radius 1 is 1.11 bits per heavy atom. The fourth-order valence-corrected chi connectivity index (χ4v) is 2.91. The summed E-state index contributed by atoms with van der Waals surface area (Å²) in [6.45, 7) is 3.57. The van der Waals surface area contributed by atoms with Crippen molar-refractivity contribution in [2.75, 3.05) is 13.1 Å². The second-order valence-electron chi connectivity index (χ2n) is 5.61. The average Bonchev–Trinajstić information content (AvgIpc) is 2.46. The number of hydrogen-bond acceptors (Lipinski definition) is 2. The largest absolute Gasteiger partial charge is 0.299 e. The number of benzene rings is 1. The molecule has 0 amide bonds. The van der Waals surface area contributed by atoms with E-state index in [9.17, 15) is 0 Å². The summed E-state index contributed by atoms with van der Waals surface area (Å²) in [6, 6.07) is 13.0. The minimum Gasteiger partial charge on any atom is -0.299 e. The highest BCUT2D eigenvalue weighted by Crippen LogP contribution is 2.23. The van der Waals surface area contributed by atoms with Gasteiger partial charge in [0.05, 0.1) is 6.07 Å². The van der Waals surface area contributed by atoms with Crippen LogP contribution in [0.15, 0.2) is 30.3 Å². The van der Waals surface area contributed by atoms with Gasteiger partial charge in [0.2, 0.25) is 0 Å². The molecule has 2 rings (SSSR count). The van der Waals surface area contributed by atoms with Gasteiger partial charge in [-0.25, -0.2) is 0 Å². The van der Waals surface area contributed by atoms with Gasteiger partial charge in [0.25, 0.3) is 0 Å². The molecule has 1 aliphatic heterocycles. The van der Waals surface area contributed by atoms with Crippen LogP contribution in [0.2, 0.25) is 0 Å². The maximum atomic E-state index is 8.52. The van der Waals surface area contributed by atoms with E-state index in [2.05, 4.69) is 41.3 Å².